The van der Waals surface area contributed by atoms with Crippen LogP contribution in [0, 0.1) is 0 Å². The fourth-order valence-electron chi connectivity index (χ4n) is 4.44. The number of carbonyl (C=O) groups excluding carboxylic acids is 2. The molecule has 0 aliphatic heterocycles. The molecule has 0 aliphatic carbocycles. The second-order valence-corrected chi connectivity index (χ2v) is 8.67. The molecule has 0 bridgehead atoms. The molecule has 4 heteroatoms. The standard InChI is InChI=1S/C31H30N2O2/c32-30-12-6-7-13-31(30)33-27(20-21-34)19-18-24-10-4-5-11-28(24)25-14-16-26(17-15-25)29(22-35)23-8-2-1-3-9-23/h1-17,21-22,27,29,33H,18-20,32H2. The zero-order valence-corrected chi connectivity index (χ0v) is 19.6. The summed E-state index contributed by atoms with van der Waals surface area (Å²) in [7, 11) is 0. The van der Waals surface area contributed by atoms with Crippen LogP contribution in [-0.4, -0.2) is 18.6 Å². The molecule has 0 spiro atoms. The largest absolute Gasteiger partial charge is 0.397 e. The maximum Gasteiger partial charge on any atom is 0.131 e. The molecular weight excluding hydrogens is 432 g/mol. The Balaban J connectivity index is 1.51. The minimum Gasteiger partial charge on any atom is -0.397 e. The van der Waals surface area contributed by atoms with E-state index in [0.717, 1.165) is 53.4 Å². The summed E-state index contributed by atoms with van der Waals surface area (Å²) in [5.41, 5.74) is 13.1. The van der Waals surface area contributed by atoms with Crippen LogP contribution in [0.1, 0.15) is 35.4 Å². The maximum atomic E-state index is 11.8. The van der Waals surface area contributed by atoms with Crippen molar-refractivity contribution in [3.05, 3.63) is 120 Å². The van der Waals surface area contributed by atoms with Crippen LogP contribution in [0.3, 0.4) is 0 Å². The zero-order chi connectivity index (χ0) is 24.5. The first-order valence-corrected chi connectivity index (χ1v) is 11.9. The van der Waals surface area contributed by atoms with Gasteiger partial charge in [-0.3, -0.25) is 0 Å². The summed E-state index contributed by atoms with van der Waals surface area (Å²) < 4.78 is 0. The Morgan fingerprint density at radius 3 is 2.11 bits per heavy atom. The highest BCUT2D eigenvalue weighted by molar-refractivity contribution is 5.72. The van der Waals surface area contributed by atoms with Gasteiger partial charge in [-0.25, -0.2) is 0 Å². The van der Waals surface area contributed by atoms with Gasteiger partial charge in [0.15, 0.2) is 0 Å². The zero-order valence-electron chi connectivity index (χ0n) is 19.6. The molecule has 0 aromatic heterocycles. The molecule has 2 atom stereocenters. The lowest BCUT2D eigenvalue weighted by molar-refractivity contribution is -0.109. The molecule has 35 heavy (non-hydrogen) atoms. The van der Waals surface area contributed by atoms with Gasteiger partial charge < -0.3 is 20.6 Å². The van der Waals surface area contributed by atoms with Crippen molar-refractivity contribution in [2.75, 3.05) is 11.1 Å². The van der Waals surface area contributed by atoms with E-state index in [2.05, 4.69) is 29.6 Å². The van der Waals surface area contributed by atoms with Crippen LogP contribution in [0.5, 0.6) is 0 Å². The van der Waals surface area contributed by atoms with Gasteiger partial charge in [-0.2, -0.15) is 0 Å². The van der Waals surface area contributed by atoms with Crippen LogP contribution in [0.4, 0.5) is 11.4 Å². The van der Waals surface area contributed by atoms with E-state index in [0.29, 0.717) is 12.1 Å². The van der Waals surface area contributed by atoms with E-state index >= 15 is 0 Å². The first kappa shape index (κ1) is 24.0. The Kier molecular flexibility index (Phi) is 8.08. The first-order chi connectivity index (χ1) is 17.2. The average Bonchev–Trinajstić information content (AvgIpc) is 2.90. The van der Waals surface area contributed by atoms with Crippen molar-refractivity contribution < 1.29 is 9.59 Å². The van der Waals surface area contributed by atoms with E-state index < -0.39 is 0 Å². The topological polar surface area (TPSA) is 72.2 Å². The molecule has 2 unspecified atom stereocenters. The minimum absolute atomic E-state index is 0.00754. The van der Waals surface area contributed by atoms with Gasteiger partial charge in [0.05, 0.1) is 17.3 Å². The van der Waals surface area contributed by atoms with E-state index in [-0.39, 0.29) is 12.0 Å². The third-order valence-electron chi connectivity index (χ3n) is 6.36. The van der Waals surface area contributed by atoms with Gasteiger partial charge in [0, 0.05) is 12.5 Å². The summed E-state index contributed by atoms with van der Waals surface area (Å²) in [6.45, 7) is 0. The fraction of sp³-hybridized carbons (Fsp3) is 0.161. The van der Waals surface area contributed by atoms with E-state index in [1.54, 1.807) is 0 Å². The van der Waals surface area contributed by atoms with Crippen molar-refractivity contribution in [1.29, 1.82) is 0 Å². The SMILES string of the molecule is Nc1ccccc1NC(CC=O)CCc1ccccc1-c1ccc(C(C=O)c2ccccc2)cc1. The van der Waals surface area contributed by atoms with Crippen LogP contribution in [0.25, 0.3) is 11.1 Å². The van der Waals surface area contributed by atoms with Gasteiger partial charge in [-0.05, 0) is 52.8 Å². The van der Waals surface area contributed by atoms with Gasteiger partial charge in [0.2, 0.25) is 0 Å². The number of para-hydroxylation sites is 2. The molecule has 176 valence electrons. The highest BCUT2D eigenvalue weighted by Crippen LogP contribution is 2.29. The van der Waals surface area contributed by atoms with Crippen molar-refractivity contribution in [2.45, 2.75) is 31.2 Å². The molecule has 0 aliphatic rings. The van der Waals surface area contributed by atoms with E-state index in [9.17, 15) is 9.59 Å². The number of nitrogen functional groups attached to an aromatic ring is 1. The maximum absolute atomic E-state index is 11.8. The fourth-order valence-corrected chi connectivity index (χ4v) is 4.44. The quantitative estimate of drug-likeness (QED) is 0.204. The number of aryl methyl sites for hydroxylation is 1. The molecule has 4 aromatic carbocycles. The predicted molar refractivity (Wildman–Crippen MR) is 143 cm³/mol. The normalized spacial score (nSPS) is 12.5. The van der Waals surface area contributed by atoms with Gasteiger partial charge in [-0.15, -0.1) is 0 Å². The summed E-state index contributed by atoms with van der Waals surface area (Å²) in [5.74, 6) is -0.277. The molecule has 0 saturated carbocycles. The molecule has 0 radical (unpaired) electrons. The minimum atomic E-state index is -0.277. The molecule has 0 saturated heterocycles. The molecule has 4 nitrogen and oxygen atoms in total. The van der Waals surface area contributed by atoms with Crippen molar-refractivity contribution in [3.63, 3.8) is 0 Å². The van der Waals surface area contributed by atoms with Crippen LogP contribution in [-0.2, 0) is 16.0 Å². The van der Waals surface area contributed by atoms with Gasteiger partial charge in [0.25, 0.3) is 0 Å². The Hall–Kier alpha value is -4.18. The Morgan fingerprint density at radius 2 is 1.40 bits per heavy atom. The first-order valence-electron chi connectivity index (χ1n) is 11.9. The highest BCUT2D eigenvalue weighted by atomic mass is 16.1. The highest BCUT2D eigenvalue weighted by Gasteiger charge is 2.15. The average molecular weight is 463 g/mol. The number of carbonyl (C=O) groups is 2. The van der Waals surface area contributed by atoms with Crippen LogP contribution < -0.4 is 11.1 Å². The smallest absolute Gasteiger partial charge is 0.131 e. The number of benzene rings is 4. The van der Waals surface area contributed by atoms with Crippen molar-refractivity contribution >= 4 is 23.9 Å². The summed E-state index contributed by atoms with van der Waals surface area (Å²) in [5, 5.41) is 3.43. The van der Waals surface area contributed by atoms with Gasteiger partial charge in [-0.1, -0.05) is 91.0 Å². The summed E-state index contributed by atoms with van der Waals surface area (Å²) in [4.78, 5) is 23.1. The molecule has 0 heterocycles. The third kappa shape index (κ3) is 6.04. The lowest BCUT2D eigenvalue weighted by Crippen LogP contribution is -2.21. The van der Waals surface area contributed by atoms with Gasteiger partial charge in [0.1, 0.15) is 12.6 Å². The van der Waals surface area contributed by atoms with E-state index in [1.807, 2.05) is 78.9 Å². The van der Waals surface area contributed by atoms with E-state index in [4.69, 9.17) is 5.73 Å². The second-order valence-electron chi connectivity index (χ2n) is 8.67. The van der Waals surface area contributed by atoms with Gasteiger partial charge >= 0.3 is 0 Å². The second kappa shape index (κ2) is 11.8. The van der Waals surface area contributed by atoms with Crippen LogP contribution >= 0.6 is 0 Å². The number of nitrogens with two attached hydrogens (primary N) is 1. The van der Waals surface area contributed by atoms with Crippen LogP contribution in [0.2, 0.25) is 0 Å². The Bertz CT molecular complexity index is 1250. The number of aldehydes is 2. The number of nitrogens with one attached hydrogen (secondary N) is 1. The lowest BCUT2D eigenvalue weighted by atomic mass is 9.90. The number of rotatable bonds is 11. The summed E-state index contributed by atoms with van der Waals surface area (Å²) >= 11 is 0. The molecule has 4 rings (SSSR count). The number of hydrogen-bond donors (Lipinski definition) is 2. The molecule has 4 aromatic rings. The summed E-state index contributed by atoms with van der Waals surface area (Å²) in [6, 6.07) is 34.0. The monoisotopic (exact) mass is 462 g/mol. The Morgan fingerprint density at radius 1 is 0.743 bits per heavy atom. The van der Waals surface area contributed by atoms with Crippen molar-refractivity contribution in [3.8, 4) is 11.1 Å². The van der Waals surface area contributed by atoms with Crippen molar-refractivity contribution in [2.24, 2.45) is 0 Å². The lowest BCUT2D eigenvalue weighted by Gasteiger charge is -2.20. The number of anilines is 2. The number of hydrogen-bond acceptors (Lipinski definition) is 4. The molecule has 0 amide bonds. The molecule has 3 N–H and O–H groups in total. The van der Waals surface area contributed by atoms with E-state index in [1.165, 1.54) is 5.56 Å². The molecular formula is C31H30N2O2. The van der Waals surface area contributed by atoms with Crippen LogP contribution in [0.15, 0.2) is 103 Å². The predicted octanol–water partition coefficient (Wildman–Crippen LogP) is 6.27. The van der Waals surface area contributed by atoms with Crippen molar-refractivity contribution in [1.82, 2.24) is 0 Å². The Labute approximate surface area is 206 Å². The third-order valence-corrected chi connectivity index (χ3v) is 6.36. The molecule has 0 fully saturated rings. The summed E-state index contributed by atoms with van der Waals surface area (Å²) in [6.07, 6.45) is 3.98.